The Morgan fingerprint density at radius 1 is 1.20 bits per heavy atom. The molecule has 2 aliphatic rings. The lowest BCUT2D eigenvalue weighted by Gasteiger charge is -2.43. The molecule has 1 saturated heterocycles. The van der Waals surface area contributed by atoms with Gasteiger partial charge in [-0.3, -0.25) is 4.79 Å². The molecule has 1 aliphatic carbocycles. The van der Waals surface area contributed by atoms with Gasteiger partial charge in [-0.2, -0.15) is 0 Å². The maximum atomic E-state index is 11.1. The molecule has 20 heavy (non-hydrogen) atoms. The third kappa shape index (κ3) is 2.88. The van der Waals surface area contributed by atoms with Gasteiger partial charge in [-0.15, -0.1) is 0 Å². The van der Waals surface area contributed by atoms with E-state index in [-0.39, 0.29) is 11.7 Å². The topological polar surface area (TPSA) is 35.5 Å². The molecule has 1 atom stereocenters. The first-order valence-corrected chi connectivity index (χ1v) is 7.66. The van der Waals surface area contributed by atoms with Gasteiger partial charge < -0.3 is 9.47 Å². The molecule has 0 amide bonds. The van der Waals surface area contributed by atoms with Crippen molar-refractivity contribution in [2.75, 3.05) is 6.61 Å². The molecule has 0 aromatic heterocycles. The summed E-state index contributed by atoms with van der Waals surface area (Å²) in [5.41, 5.74) is 0.675. The van der Waals surface area contributed by atoms with Gasteiger partial charge in [0.2, 0.25) is 0 Å². The first-order valence-electron chi connectivity index (χ1n) is 7.66. The SMILES string of the molecule is O=Cc1ccccc1OC1CCOC2(CCCCC2)C1. The van der Waals surface area contributed by atoms with Crippen LogP contribution in [0.25, 0.3) is 0 Å². The first-order chi connectivity index (χ1) is 9.81. The molecule has 3 nitrogen and oxygen atoms in total. The molecule has 1 aliphatic heterocycles. The van der Waals surface area contributed by atoms with Crippen molar-refractivity contribution in [2.45, 2.75) is 56.7 Å². The highest BCUT2D eigenvalue weighted by molar-refractivity contribution is 5.79. The van der Waals surface area contributed by atoms with Gasteiger partial charge in [0.15, 0.2) is 6.29 Å². The van der Waals surface area contributed by atoms with Gasteiger partial charge in [-0.05, 0) is 25.0 Å². The van der Waals surface area contributed by atoms with E-state index in [4.69, 9.17) is 9.47 Å². The summed E-state index contributed by atoms with van der Waals surface area (Å²) in [7, 11) is 0. The maximum Gasteiger partial charge on any atom is 0.153 e. The number of carbonyl (C=O) groups is 1. The summed E-state index contributed by atoms with van der Waals surface area (Å²) in [6, 6.07) is 7.46. The Balaban J connectivity index is 1.69. The van der Waals surface area contributed by atoms with Gasteiger partial charge in [-0.25, -0.2) is 0 Å². The number of carbonyl (C=O) groups excluding carboxylic acids is 1. The second-order valence-electron chi connectivity index (χ2n) is 5.98. The van der Waals surface area contributed by atoms with Crippen LogP contribution in [0.4, 0.5) is 0 Å². The molecular weight excluding hydrogens is 252 g/mol. The van der Waals surface area contributed by atoms with Crippen molar-refractivity contribution >= 4 is 6.29 Å². The van der Waals surface area contributed by atoms with Crippen LogP contribution in [0.3, 0.4) is 0 Å². The zero-order valence-corrected chi connectivity index (χ0v) is 11.8. The lowest BCUT2D eigenvalue weighted by molar-refractivity contribution is -0.129. The van der Waals surface area contributed by atoms with Gasteiger partial charge in [0, 0.05) is 12.8 Å². The maximum absolute atomic E-state index is 11.1. The molecule has 1 saturated carbocycles. The Kier molecular flexibility index (Phi) is 4.06. The first kappa shape index (κ1) is 13.6. The average Bonchev–Trinajstić information content (AvgIpc) is 2.49. The predicted octanol–water partition coefficient (Wildman–Crippen LogP) is 3.76. The minimum absolute atomic E-state index is 0.0390. The lowest BCUT2D eigenvalue weighted by atomic mass is 9.79. The van der Waals surface area contributed by atoms with Gasteiger partial charge >= 0.3 is 0 Å². The zero-order valence-electron chi connectivity index (χ0n) is 11.8. The monoisotopic (exact) mass is 274 g/mol. The minimum Gasteiger partial charge on any atom is -0.489 e. The summed E-state index contributed by atoms with van der Waals surface area (Å²) in [4.78, 5) is 11.1. The predicted molar refractivity (Wildman–Crippen MR) is 77.2 cm³/mol. The van der Waals surface area contributed by atoms with E-state index in [2.05, 4.69) is 0 Å². The van der Waals surface area contributed by atoms with Crippen molar-refractivity contribution in [2.24, 2.45) is 0 Å². The standard InChI is InChI=1S/C17H22O3/c18-13-14-6-2-3-7-16(14)20-15-8-11-19-17(12-15)9-4-1-5-10-17/h2-3,6-7,13,15H,1,4-5,8-12H2. The molecule has 1 spiro atoms. The highest BCUT2D eigenvalue weighted by Gasteiger charge is 2.39. The average molecular weight is 274 g/mol. The Hall–Kier alpha value is -1.35. The third-order valence-electron chi connectivity index (χ3n) is 4.55. The molecule has 1 unspecified atom stereocenters. The lowest BCUT2D eigenvalue weighted by Crippen LogP contribution is -2.45. The van der Waals surface area contributed by atoms with Gasteiger partial charge in [0.05, 0.1) is 17.8 Å². The molecule has 1 aromatic carbocycles. The largest absolute Gasteiger partial charge is 0.489 e. The number of para-hydroxylation sites is 1. The zero-order chi connectivity index (χ0) is 13.8. The van der Waals surface area contributed by atoms with E-state index in [0.717, 1.165) is 38.6 Å². The Bertz CT molecular complexity index is 458. The molecule has 2 fully saturated rings. The van der Waals surface area contributed by atoms with Crippen LogP contribution in [0.5, 0.6) is 5.75 Å². The molecule has 1 heterocycles. The number of aldehydes is 1. The fraction of sp³-hybridized carbons (Fsp3) is 0.588. The van der Waals surface area contributed by atoms with Gasteiger partial charge in [0.1, 0.15) is 11.9 Å². The van der Waals surface area contributed by atoms with Crippen molar-refractivity contribution in [1.29, 1.82) is 0 Å². The van der Waals surface area contributed by atoms with Crippen molar-refractivity contribution in [3.05, 3.63) is 29.8 Å². The second-order valence-corrected chi connectivity index (χ2v) is 5.98. The van der Waals surface area contributed by atoms with E-state index in [1.165, 1.54) is 19.3 Å². The van der Waals surface area contributed by atoms with E-state index in [1.807, 2.05) is 18.2 Å². The van der Waals surface area contributed by atoms with Crippen LogP contribution in [-0.2, 0) is 4.74 Å². The molecule has 3 heteroatoms. The minimum atomic E-state index is 0.0390. The molecule has 108 valence electrons. The summed E-state index contributed by atoms with van der Waals surface area (Å²) in [5, 5.41) is 0. The fourth-order valence-corrected chi connectivity index (χ4v) is 3.49. The van der Waals surface area contributed by atoms with Crippen LogP contribution in [-0.4, -0.2) is 24.6 Å². The quantitative estimate of drug-likeness (QED) is 0.787. The van der Waals surface area contributed by atoms with Crippen molar-refractivity contribution in [3.8, 4) is 5.75 Å². The number of hydrogen-bond donors (Lipinski definition) is 0. The summed E-state index contributed by atoms with van der Waals surface area (Å²) in [5.74, 6) is 0.709. The van der Waals surface area contributed by atoms with Crippen molar-refractivity contribution in [1.82, 2.24) is 0 Å². The van der Waals surface area contributed by atoms with Crippen LogP contribution in [0.1, 0.15) is 55.3 Å². The summed E-state index contributed by atoms with van der Waals surface area (Å²) >= 11 is 0. The molecular formula is C17H22O3. The van der Waals surface area contributed by atoms with Crippen LogP contribution >= 0.6 is 0 Å². The molecule has 0 bridgehead atoms. The van der Waals surface area contributed by atoms with E-state index in [0.29, 0.717) is 11.3 Å². The molecule has 3 rings (SSSR count). The van der Waals surface area contributed by atoms with Crippen molar-refractivity contribution < 1.29 is 14.3 Å². The Morgan fingerprint density at radius 3 is 2.80 bits per heavy atom. The van der Waals surface area contributed by atoms with Crippen LogP contribution in [0.15, 0.2) is 24.3 Å². The van der Waals surface area contributed by atoms with Gasteiger partial charge in [0.25, 0.3) is 0 Å². The smallest absolute Gasteiger partial charge is 0.153 e. The fourth-order valence-electron chi connectivity index (χ4n) is 3.49. The Morgan fingerprint density at radius 2 is 2.00 bits per heavy atom. The molecule has 0 radical (unpaired) electrons. The second kappa shape index (κ2) is 5.96. The summed E-state index contributed by atoms with van der Waals surface area (Å²) in [6.07, 6.45) is 9.06. The van der Waals surface area contributed by atoms with Crippen LogP contribution in [0, 0.1) is 0 Å². The van der Waals surface area contributed by atoms with Crippen LogP contribution < -0.4 is 4.74 Å². The number of rotatable bonds is 3. The van der Waals surface area contributed by atoms with E-state index < -0.39 is 0 Å². The summed E-state index contributed by atoms with van der Waals surface area (Å²) < 4.78 is 12.2. The van der Waals surface area contributed by atoms with Crippen LogP contribution in [0.2, 0.25) is 0 Å². The van der Waals surface area contributed by atoms with Crippen molar-refractivity contribution in [3.63, 3.8) is 0 Å². The highest BCUT2D eigenvalue weighted by atomic mass is 16.5. The van der Waals surface area contributed by atoms with E-state index >= 15 is 0 Å². The normalized spacial score (nSPS) is 25.3. The van der Waals surface area contributed by atoms with Gasteiger partial charge in [-0.1, -0.05) is 31.4 Å². The Labute approximate surface area is 120 Å². The van der Waals surface area contributed by atoms with E-state index in [9.17, 15) is 4.79 Å². The number of hydrogen-bond acceptors (Lipinski definition) is 3. The molecule has 1 aromatic rings. The number of ether oxygens (including phenoxy) is 2. The highest BCUT2D eigenvalue weighted by Crippen LogP contribution is 2.39. The third-order valence-corrected chi connectivity index (χ3v) is 4.55. The molecule has 0 N–H and O–H groups in total. The summed E-state index contributed by atoms with van der Waals surface area (Å²) in [6.45, 7) is 0.772. The van der Waals surface area contributed by atoms with E-state index in [1.54, 1.807) is 6.07 Å². The number of benzene rings is 1.